The average molecular weight is 339 g/mol. The second-order valence-electron chi connectivity index (χ2n) is 7.81. The van der Waals surface area contributed by atoms with E-state index >= 15 is 0 Å². The summed E-state index contributed by atoms with van der Waals surface area (Å²) in [4.78, 5) is 5.32. The lowest BCUT2D eigenvalue weighted by molar-refractivity contribution is 0.238. The summed E-state index contributed by atoms with van der Waals surface area (Å²) >= 11 is 0. The Morgan fingerprint density at radius 2 is 1.54 bits per heavy atom. The van der Waals surface area contributed by atoms with E-state index in [4.69, 9.17) is 0 Å². The number of hydrogen-bond acceptors (Lipinski definition) is 4. The molecule has 4 heteroatoms. The highest BCUT2D eigenvalue weighted by Gasteiger charge is 2.16. The summed E-state index contributed by atoms with van der Waals surface area (Å²) in [5, 5.41) is 7.11. The van der Waals surface area contributed by atoms with Crippen LogP contribution in [0.1, 0.15) is 58.8 Å². The summed E-state index contributed by atoms with van der Waals surface area (Å²) in [6.07, 6.45) is 9.59. The van der Waals surface area contributed by atoms with Crippen LogP contribution in [-0.2, 0) is 0 Å². The molecule has 0 radical (unpaired) electrons. The molecule has 1 unspecified atom stereocenters. The van der Waals surface area contributed by atoms with Crippen LogP contribution in [-0.4, -0.2) is 74.7 Å². The zero-order chi connectivity index (χ0) is 17.0. The maximum absolute atomic E-state index is 3.63. The molecule has 24 heavy (non-hydrogen) atoms. The van der Waals surface area contributed by atoms with E-state index in [-0.39, 0.29) is 0 Å². The maximum Gasteiger partial charge on any atom is 0.00797 e. The topological polar surface area (TPSA) is 30.5 Å². The first kappa shape index (κ1) is 20.2. The van der Waals surface area contributed by atoms with Crippen LogP contribution < -0.4 is 10.6 Å². The highest BCUT2D eigenvalue weighted by atomic mass is 15.1. The van der Waals surface area contributed by atoms with Crippen molar-refractivity contribution in [2.45, 2.75) is 64.8 Å². The number of hydrogen-bond donors (Lipinski definition) is 2. The predicted molar refractivity (Wildman–Crippen MR) is 105 cm³/mol. The van der Waals surface area contributed by atoms with Gasteiger partial charge >= 0.3 is 0 Å². The van der Waals surface area contributed by atoms with Crippen molar-refractivity contribution in [2.24, 2.45) is 5.92 Å². The standard InChI is InChI=1S/C20H42N4/c1-3-23(16-10-19-9-13-21-18-19)14-5-6-15-24(4-2)17-11-20-8-7-12-22-20/h19-22H,3-18H2,1-2H3/t19?,20-/m0/s1. The molecule has 2 aliphatic heterocycles. The third-order valence-electron chi connectivity index (χ3n) is 6.07. The molecule has 2 rings (SSSR count). The summed E-state index contributed by atoms with van der Waals surface area (Å²) in [6, 6.07) is 0.791. The van der Waals surface area contributed by atoms with Crippen LogP contribution in [0.3, 0.4) is 0 Å². The van der Waals surface area contributed by atoms with Crippen molar-refractivity contribution in [3.8, 4) is 0 Å². The normalized spacial score (nSPS) is 24.5. The second-order valence-corrected chi connectivity index (χ2v) is 7.81. The monoisotopic (exact) mass is 338 g/mol. The van der Waals surface area contributed by atoms with Gasteiger partial charge in [-0.1, -0.05) is 13.8 Å². The Morgan fingerprint density at radius 1 is 0.833 bits per heavy atom. The molecule has 4 nitrogen and oxygen atoms in total. The smallest absolute Gasteiger partial charge is 0.00797 e. The molecule has 0 aromatic heterocycles. The van der Waals surface area contributed by atoms with Gasteiger partial charge in [0, 0.05) is 6.04 Å². The van der Waals surface area contributed by atoms with Gasteiger partial charge in [-0.25, -0.2) is 0 Å². The van der Waals surface area contributed by atoms with Crippen molar-refractivity contribution in [3.05, 3.63) is 0 Å². The number of rotatable bonds is 13. The number of nitrogens with zero attached hydrogens (tertiary/aromatic N) is 2. The Kier molecular flexibility index (Phi) is 10.3. The van der Waals surface area contributed by atoms with Crippen molar-refractivity contribution in [1.82, 2.24) is 20.4 Å². The summed E-state index contributed by atoms with van der Waals surface area (Å²) in [5.74, 6) is 0.929. The van der Waals surface area contributed by atoms with E-state index in [1.165, 1.54) is 104 Å². The van der Waals surface area contributed by atoms with Gasteiger partial charge in [0.25, 0.3) is 0 Å². The predicted octanol–water partition coefficient (Wildman–Crippen LogP) is 2.55. The Bertz CT molecular complexity index is 268. The van der Waals surface area contributed by atoms with E-state index < -0.39 is 0 Å². The SMILES string of the molecule is CCN(CCCCN(CC)CC[C@@H]1CCCN1)CCC1CCNC1. The number of nitrogens with one attached hydrogen (secondary N) is 2. The van der Waals surface area contributed by atoms with Crippen LogP contribution in [0.4, 0.5) is 0 Å². The molecule has 2 atom stereocenters. The first-order chi connectivity index (χ1) is 11.8. The Labute approximate surface area is 150 Å². The Morgan fingerprint density at radius 3 is 2.08 bits per heavy atom. The minimum Gasteiger partial charge on any atom is -0.316 e. The maximum atomic E-state index is 3.63. The van der Waals surface area contributed by atoms with Crippen molar-refractivity contribution in [3.63, 3.8) is 0 Å². The lowest BCUT2D eigenvalue weighted by Crippen LogP contribution is -2.32. The average Bonchev–Trinajstić information content (AvgIpc) is 3.30. The first-order valence-corrected chi connectivity index (χ1v) is 10.7. The van der Waals surface area contributed by atoms with Crippen LogP contribution in [0.5, 0.6) is 0 Å². The lowest BCUT2D eigenvalue weighted by Gasteiger charge is -2.24. The molecule has 0 spiro atoms. The fourth-order valence-electron chi connectivity index (χ4n) is 4.19. The zero-order valence-electron chi connectivity index (χ0n) is 16.4. The number of unbranched alkanes of at least 4 members (excludes halogenated alkanes) is 1. The second kappa shape index (κ2) is 12.2. The van der Waals surface area contributed by atoms with Crippen LogP contribution in [0.2, 0.25) is 0 Å². The molecule has 0 aromatic carbocycles. The molecule has 2 N–H and O–H groups in total. The fraction of sp³-hybridized carbons (Fsp3) is 1.00. The highest BCUT2D eigenvalue weighted by molar-refractivity contribution is 4.75. The quantitative estimate of drug-likeness (QED) is 0.505. The molecule has 2 fully saturated rings. The van der Waals surface area contributed by atoms with Crippen molar-refractivity contribution < 1.29 is 0 Å². The molecule has 0 bridgehead atoms. The van der Waals surface area contributed by atoms with Crippen molar-refractivity contribution in [2.75, 3.05) is 58.9 Å². The van der Waals surface area contributed by atoms with Crippen LogP contribution in [0.15, 0.2) is 0 Å². The minimum absolute atomic E-state index is 0.791. The van der Waals surface area contributed by atoms with Crippen LogP contribution >= 0.6 is 0 Å². The van der Waals surface area contributed by atoms with Gasteiger partial charge in [0.15, 0.2) is 0 Å². The first-order valence-electron chi connectivity index (χ1n) is 10.7. The summed E-state index contributed by atoms with van der Waals surface area (Å²) in [6.45, 7) is 15.9. The van der Waals surface area contributed by atoms with Gasteiger partial charge in [-0.3, -0.25) is 0 Å². The van der Waals surface area contributed by atoms with Gasteiger partial charge in [-0.2, -0.15) is 0 Å². The largest absolute Gasteiger partial charge is 0.316 e. The van der Waals surface area contributed by atoms with Crippen molar-refractivity contribution in [1.29, 1.82) is 0 Å². The molecule has 2 saturated heterocycles. The lowest BCUT2D eigenvalue weighted by atomic mass is 10.0. The van der Waals surface area contributed by atoms with Gasteiger partial charge in [0.1, 0.15) is 0 Å². The third kappa shape index (κ3) is 7.81. The van der Waals surface area contributed by atoms with E-state index in [1.54, 1.807) is 0 Å². The van der Waals surface area contributed by atoms with Crippen LogP contribution in [0.25, 0.3) is 0 Å². The molecule has 0 amide bonds. The summed E-state index contributed by atoms with van der Waals surface area (Å²) < 4.78 is 0. The minimum atomic E-state index is 0.791. The molecule has 0 aliphatic carbocycles. The van der Waals surface area contributed by atoms with Gasteiger partial charge in [0.05, 0.1) is 0 Å². The van der Waals surface area contributed by atoms with E-state index in [1.807, 2.05) is 0 Å². The zero-order valence-corrected chi connectivity index (χ0v) is 16.4. The summed E-state index contributed by atoms with van der Waals surface area (Å²) in [7, 11) is 0. The van der Waals surface area contributed by atoms with E-state index in [2.05, 4.69) is 34.3 Å². The fourth-order valence-corrected chi connectivity index (χ4v) is 4.19. The van der Waals surface area contributed by atoms with Gasteiger partial charge in [-0.05, 0) is 110 Å². The Balaban J connectivity index is 1.50. The summed E-state index contributed by atoms with van der Waals surface area (Å²) in [5.41, 5.74) is 0. The Hall–Kier alpha value is -0.160. The van der Waals surface area contributed by atoms with Gasteiger partial charge in [0.2, 0.25) is 0 Å². The molecular weight excluding hydrogens is 296 g/mol. The van der Waals surface area contributed by atoms with E-state index in [0.29, 0.717) is 0 Å². The molecule has 2 aliphatic rings. The third-order valence-corrected chi connectivity index (χ3v) is 6.07. The molecular formula is C20H42N4. The van der Waals surface area contributed by atoms with E-state index in [9.17, 15) is 0 Å². The van der Waals surface area contributed by atoms with E-state index in [0.717, 1.165) is 12.0 Å². The van der Waals surface area contributed by atoms with Crippen molar-refractivity contribution >= 4 is 0 Å². The van der Waals surface area contributed by atoms with Gasteiger partial charge < -0.3 is 20.4 Å². The van der Waals surface area contributed by atoms with Crippen LogP contribution in [0, 0.1) is 5.92 Å². The highest BCUT2D eigenvalue weighted by Crippen LogP contribution is 2.13. The molecule has 142 valence electrons. The molecule has 0 saturated carbocycles. The molecule has 0 aromatic rings. The molecule has 2 heterocycles. The van der Waals surface area contributed by atoms with Gasteiger partial charge in [-0.15, -0.1) is 0 Å².